The summed E-state index contributed by atoms with van der Waals surface area (Å²) >= 11 is 7.69. The molecule has 0 bridgehead atoms. The van der Waals surface area contributed by atoms with E-state index < -0.39 is 0 Å². The van der Waals surface area contributed by atoms with Crippen molar-refractivity contribution in [2.24, 2.45) is 0 Å². The Bertz CT molecular complexity index is 781. The minimum Gasteiger partial charge on any atom is -0.153 e. The molecule has 3 aromatic rings. The second-order valence-corrected chi connectivity index (χ2v) is 6.59. The number of rotatable bonds is 4. The van der Waals surface area contributed by atoms with Gasteiger partial charge in [0.15, 0.2) is 0 Å². The van der Waals surface area contributed by atoms with Crippen LogP contribution in [0, 0.1) is 13.8 Å². The van der Waals surface area contributed by atoms with Crippen molar-refractivity contribution in [3.05, 3.63) is 70.5 Å². The zero-order chi connectivity index (χ0) is 15.5. The number of nitrogens with zero attached hydrogens (tertiary/aromatic N) is 3. The predicted octanol–water partition coefficient (Wildman–Crippen LogP) is 4.83. The Kier molecular flexibility index (Phi) is 4.50. The second kappa shape index (κ2) is 6.55. The Hall–Kier alpha value is -1.78. The molecule has 22 heavy (non-hydrogen) atoms. The van der Waals surface area contributed by atoms with Crippen molar-refractivity contribution in [3.8, 4) is 5.69 Å². The number of hydrogen-bond acceptors (Lipinski definition) is 3. The molecular weight excluding hydrogens is 314 g/mol. The number of thioether (sulfide) groups is 1. The van der Waals surface area contributed by atoms with E-state index in [1.165, 1.54) is 10.5 Å². The summed E-state index contributed by atoms with van der Waals surface area (Å²) in [6, 6.07) is 16.0. The Balaban J connectivity index is 1.76. The summed E-state index contributed by atoms with van der Waals surface area (Å²) in [5.74, 6) is 0.808. The largest absolute Gasteiger partial charge is 0.153 e. The molecule has 0 saturated heterocycles. The number of hydrogen-bond donors (Lipinski definition) is 0. The molecule has 0 aliphatic rings. The molecule has 0 aliphatic heterocycles. The molecular formula is C17H16ClN3S. The van der Waals surface area contributed by atoms with Crippen LogP contribution >= 0.6 is 23.4 Å². The summed E-state index contributed by atoms with van der Waals surface area (Å²) in [7, 11) is 0. The molecule has 0 fully saturated rings. The number of halogens is 1. The van der Waals surface area contributed by atoms with Crippen LogP contribution in [0.3, 0.4) is 0 Å². The maximum absolute atomic E-state index is 5.91. The van der Waals surface area contributed by atoms with E-state index in [2.05, 4.69) is 41.4 Å². The molecule has 0 amide bonds. The average molecular weight is 330 g/mol. The summed E-state index contributed by atoms with van der Waals surface area (Å²) in [5, 5.41) is 9.79. The van der Waals surface area contributed by atoms with Gasteiger partial charge in [-0.15, -0.1) is 11.8 Å². The third-order valence-corrected chi connectivity index (χ3v) is 4.56. The molecule has 0 N–H and O–H groups in total. The maximum atomic E-state index is 5.91. The van der Waals surface area contributed by atoms with Crippen LogP contribution < -0.4 is 0 Å². The van der Waals surface area contributed by atoms with Crippen LogP contribution in [0.2, 0.25) is 5.02 Å². The third-order valence-electron chi connectivity index (χ3n) is 3.30. The predicted molar refractivity (Wildman–Crippen MR) is 91.8 cm³/mol. The lowest BCUT2D eigenvalue weighted by atomic mass is 10.2. The highest BCUT2D eigenvalue weighted by atomic mass is 35.5. The van der Waals surface area contributed by atoms with Crippen LogP contribution in [-0.2, 0) is 5.75 Å². The molecule has 0 saturated carbocycles. The fourth-order valence-electron chi connectivity index (χ4n) is 2.09. The first kappa shape index (κ1) is 15.1. The maximum Gasteiger partial charge on any atom is 0.0963 e. The molecule has 3 rings (SSSR count). The first-order chi connectivity index (χ1) is 10.6. The SMILES string of the molecule is Cc1cccc(SCc2nn(-c3ccc(Cl)cc3)nc2C)c1. The van der Waals surface area contributed by atoms with Crippen molar-refractivity contribution in [1.82, 2.24) is 15.0 Å². The van der Waals surface area contributed by atoms with E-state index >= 15 is 0 Å². The fourth-order valence-corrected chi connectivity index (χ4v) is 3.23. The monoisotopic (exact) mass is 329 g/mol. The van der Waals surface area contributed by atoms with E-state index in [1.54, 1.807) is 16.6 Å². The Morgan fingerprint density at radius 2 is 1.82 bits per heavy atom. The van der Waals surface area contributed by atoms with Crippen molar-refractivity contribution in [3.63, 3.8) is 0 Å². The van der Waals surface area contributed by atoms with Gasteiger partial charge in [-0.3, -0.25) is 0 Å². The number of aryl methyl sites for hydroxylation is 2. The zero-order valence-corrected chi connectivity index (χ0v) is 14.0. The van der Waals surface area contributed by atoms with Gasteiger partial charge in [0.1, 0.15) is 0 Å². The van der Waals surface area contributed by atoms with Crippen molar-refractivity contribution >= 4 is 23.4 Å². The quantitative estimate of drug-likeness (QED) is 0.642. The van der Waals surface area contributed by atoms with E-state index in [0.29, 0.717) is 5.02 Å². The van der Waals surface area contributed by atoms with Gasteiger partial charge in [0.25, 0.3) is 0 Å². The van der Waals surface area contributed by atoms with Crippen molar-refractivity contribution in [2.75, 3.05) is 0 Å². The second-order valence-electron chi connectivity index (χ2n) is 5.10. The van der Waals surface area contributed by atoms with Crippen LogP contribution in [0.15, 0.2) is 53.4 Å². The summed E-state index contributed by atoms with van der Waals surface area (Å²) < 4.78 is 0. The average Bonchev–Trinajstić information content (AvgIpc) is 2.87. The molecule has 1 heterocycles. The van der Waals surface area contributed by atoms with Crippen LogP contribution in [-0.4, -0.2) is 15.0 Å². The first-order valence-corrected chi connectivity index (χ1v) is 8.36. The highest BCUT2D eigenvalue weighted by molar-refractivity contribution is 7.98. The van der Waals surface area contributed by atoms with Gasteiger partial charge in [-0.05, 0) is 50.2 Å². The minimum atomic E-state index is 0.711. The molecule has 2 aromatic carbocycles. The highest BCUT2D eigenvalue weighted by Crippen LogP contribution is 2.24. The van der Waals surface area contributed by atoms with Gasteiger partial charge >= 0.3 is 0 Å². The molecule has 3 nitrogen and oxygen atoms in total. The van der Waals surface area contributed by atoms with Crippen molar-refractivity contribution in [1.29, 1.82) is 0 Å². The topological polar surface area (TPSA) is 30.7 Å². The van der Waals surface area contributed by atoms with Gasteiger partial charge in [-0.1, -0.05) is 29.3 Å². The molecule has 1 aromatic heterocycles. The molecule has 112 valence electrons. The smallest absolute Gasteiger partial charge is 0.0963 e. The van der Waals surface area contributed by atoms with Gasteiger partial charge < -0.3 is 0 Å². The molecule has 0 radical (unpaired) electrons. The third kappa shape index (κ3) is 3.51. The van der Waals surface area contributed by atoms with Gasteiger partial charge in [-0.2, -0.15) is 15.0 Å². The Morgan fingerprint density at radius 3 is 2.55 bits per heavy atom. The van der Waals surface area contributed by atoms with Crippen molar-refractivity contribution < 1.29 is 0 Å². The van der Waals surface area contributed by atoms with E-state index in [9.17, 15) is 0 Å². The standard InChI is InChI=1S/C17H16ClN3S/c1-12-4-3-5-16(10-12)22-11-17-13(2)19-21(20-17)15-8-6-14(18)7-9-15/h3-10H,11H2,1-2H3. The lowest BCUT2D eigenvalue weighted by Gasteiger charge is -2.01. The summed E-state index contributed by atoms with van der Waals surface area (Å²) in [5.41, 5.74) is 4.14. The first-order valence-electron chi connectivity index (χ1n) is 7.00. The van der Waals surface area contributed by atoms with Crippen LogP contribution in [0.1, 0.15) is 17.0 Å². The van der Waals surface area contributed by atoms with Gasteiger partial charge in [-0.25, -0.2) is 0 Å². The normalized spacial score (nSPS) is 10.9. The van der Waals surface area contributed by atoms with Crippen LogP contribution in [0.25, 0.3) is 5.69 Å². The van der Waals surface area contributed by atoms with Crippen molar-refractivity contribution in [2.45, 2.75) is 24.5 Å². The van der Waals surface area contributed by atoms with Crippen LogP contribution in [0.5, 0.6) is 0 Å². The fraction of sp³-hybridized carbons (Fsp3) is 0.176. The van der Waals surface area contributed by atoms with E-state index in [1.807, 2.05) is 31.2 Å². The van der Waals surface area contributed by atoms with E-state index in [-0.39, 0.29) is 0 Å². The van der Waals surface area contributed by atoms with Gasteiger partial charge in [0.2, 0.25) is 0 Å². The van der Waals surface area contributed by atoms with E-state index in [4.69, 9.17) is 11.6 Å². The Morgan fingerprint density at radius 1 is 1.05 bits per heavy atom. The minimum absolute atomic E-state index is 0.711. The number of benzene rings is 2. The van der Waals surface area contributed by atoms with Gasteiger partial charge in [0.05, 0.1) is 17.1 Å². The zero-order valence-electron chi connectivity index (χ0n) is 12.5. The molecule has 0 atom stereocenters. The molecule has 0 aliphatic carbocycles. The highest BCUT2D eigenvalue weighted by Gasteiger charge is 2.09. The summed E-state index contributed by atoms with van der Waals surface area (Å²) in [4.78, 5) is 2.91. The Labute approximate surface area is 139 Å². The molecule has 0 spiro atoms. The lowest BCUT2D eigenvalue weighted by molar-refractivity contribution is 0.740. The molecule has 0 unspecified atom stereocenters. The van der Waals surface area contributed by atoms with Crippen LogP contribution in [0.4, 0.5) is 0 Å². The summed E-state index contributed by atoms with van der Waals surface area (Å²) in [6.07, 6.45) is 0. The number of aromatic nitrogens is 3. The lowest BCUT2D eigenvalue weighted by Crippen LogP contribution is -1.98. The summed E-state index contributed by atoms with van der Waals surface area (Å²) in [6.45, 7) is 4.09. The molecule has 5 heteroatoms. The van der Waals surface area contributed by atoms with Gasteiger partial charge in [0, 0.05) is 15.7 Å². The van der Waals surface area contributed by atoms with E-state index in [0.717, 1.165) is 22.8 Å².